The second-order valence-electron chi connectivity index (χ2n) is 7.53. The van der Waals surface area contributed by atoms with Crippen molar-refractivity contribution in [2.24, 2.45) is 0 Å². The molecule has 0 amide bonds. The van der Waals surface area contributed by atoms with Crippen LogP contribution in [0.3, 0.4) is 0 Å². The van der Waals surface area contributed by atoms with Crippen LogP contribution in [0.15, 0.2) is 60.7 Å². The summed E-state index contributed by atoms with van der Waals surface area (Å²) >= 11 is 0. The molecule has 6 heteroatoms. The molecular weight excluding hydrogens is 375 g/mol. The minimum atomic E-state index is -4.45. The number of allylic oxidation sites excluding steroid dienone is 5. The summed E-state index contributed by atoms with van der Waals surface area (Å²) in [5.41, 5.74) is 3.78. The Balaban J connectivity index is 1.70. The van der Waals surface area contributed by atoms with Crippen LogP contribution in [-0.4, -0.2) is 22.5 Å². The number of anilines is 1. The maximum absolute atomic E-state index is 13.0. The Labute approximate surface area is 168 Å². The van der Waals surface area contributed by atoms with Crippen molar-refractivity contribution in [3.8, 4) is 0 Å². The van der Waals surface area contributed by atoms with Gasteiger partial charge >= 0.3 is 6.18 Å². The van der Waals surface area contributed by atoms with Gasteiger partial charge in [0.15, 0.2) is 0 Å². The fourth-order valence-corrected chi connectivity index (χ4v) is 4.26. The predicted molar refractivity (Wildman–Crippen MR) is 110 cm³/mol. The predicted octanol–water partition coefficient (Wildman–Crippen LogP) is 5.86. The molecule has 0 N–H and O–H groups in total. The van der Waals surface area contributed by atoms with Crippen LogP contribution in [0.1, 0.15) is 42.8 Å². The second kappa shape index (κ2) is 7.58. The van der Waals surface area contributed by atoms with Crippen LogP contribution in [0.5, 0.6) is 0 Å². The zero-order valence-electron chi connectivity index (χ0n) is 16.4. The number of fused-ring (bicyclic) bond motifs is 2. The Kier molecular flexibility index (Phi) is 5.11. The summed E-state index contributed by atoms with van der Waals surface area (Å²) in [6, 6.07) is 10.6. The third kappa shape index (κ3) is 3.76. The molecule has 0 saturated carbocycles. The van der Waals surface area contributed by atoms with Crippen LogP contribution in [0.4, 0.5) is 18.9 Å². The maximum atomic E-state index is 13.0. The lowest BCUT2D eigenvalue weighted by Gasteiger charge is -2.33. The van der Waals surface area contributed by atoms with E-state index in [1.165, 1.54) is 11.3 Å². The van der Waals surface area contributed by atoms with Crippen molar-refractivity contribution in [2.45, 2.75) is 44.9 Å². The van der Waals surface area contributed by atoms with Crippen molar-refractivity contribution in [3.63, 3.8) is 0 Å². The Morgan fingerprint density at radius 3 is 2.79 bits per heavy atom. The van der Waals surface area contributed by atoms with E-state index in [-0.39, 0.29) is 6.04 Å². The van der Waals surface area contributed by atoms with Crippen LogP contribution in [0, 0.1) is 0 Å². The second-order valence-corrected chi connectivity index (χ2v) is 7.53. The monoisotopic (exact) mass is 399 g/mol. The summed E-state index contributed by atoms with van der Waals surface area (Å²) in [5.74, 6) is 0. The molecule has 2 aromatic rings. The van der Waals surface area contributed by atoms with Crippen LogP contribution < -0.4 is 4.90 Å². The normalized spacial score (nSPS) is 19.5. The zero-order valence-corrected chi connectivity index (χ0v) is 16.4. The van der Waals surface area contributed by atoms with E-state index in [1.54, 1.807) is 19.1 Å². The molecule has 0 saturated heterocycles. The van der Waals surface area contributed by atoms with Crippen LogP contribution >= 0.6 is 0 Å². The highest BCUT2D eigenvalue weighted by molar-refractivity contribution is 5.74. The summed E-state index contributed by atoms with van der Waals surface area (Å²) in [6.07, 6.45) is 3.03. The number of nitrogens with zero attached hydrogens (tertiary/aromatic N) is 3. The third-order valence-corrected chi connectivity index (χ3v) is 5.64. The molecule has 1 aromatic heterocycles. The number of hydrogen-bond acceptors (Lipinski definition) is 2. The van der Waals surface area contributed by atoms with E-state index < -0.39 is 11.7 Å². The van der Waals surface area contributed by atoms with Crippen molar-refractivity contribution in [2.75, 3.05) is 11.4 Å². The SMILES string of the molecule is C=C(/C=C(\C=C/C)c1cc2n(n1)CCCC2N1CCc2ccccc21)C(F)(F)F. The molecule has 0 spiro atoms. The molecule has 0 fully saturated rings. The van der Waals surface area contributed by atoms with Gasteiger partial charge in [0.2, 0.25) is 0 Å². The summed E-state index contributed by atoms with van der Waals surface area (Å²) in [4.78, 5) is 2.42. The summed E-state index contributed by atoms with van der Waals surface area (Å²) in [5, 5.41) is 4.64. The number of rotatable bonds is 4. The van der Waals surface area contributed by atoms with E-state index in [0.29, 0.717) is 11.3 Å². The molecule has 3 nitrogen and oxygen atoms in total. The van der Waals surface area contributed by atoms with Crippen molar-refractivity contribution < 1.29 is 13.2 Å². The molecule has 29 heavy (non-hydrogen) atoms. The molecule has 0 radical (unpaired) electrons. The number of aryl methyl sites for hydroxylation is 1. The summed E-state index contributed by atoms with van der Waals surface area (Å²) in [7, 11) is 0. The highest BCUT2D eigenvalue weighted by Crippen LogP contribution is 2.40. The zero-order chi connectivity index (χ0) is 20.6. The Bertz CT molecular complexity index is 981. The van der Waals surface area contributed by atoms with E-state index in [1.807, 2.05) is 10.7 Å². The van der Waals surface area contributed by atoms with Crippen molar-refractivity contribution in [1.29, 1.82) is 0 Å². The Morgan fingerprint density at radius 2 is 2.03 bits per heavy atom. The van der Waals surface area contributed by atoms with Gasteiger partial charge in [0, 0.05) is 29.9 Å². The quantitative estimate of drug-likeness (QED) is 0.601. The highest BCUT2D eigenvalue weighted by Gasteiger charge is 2.33. The number of halogens is 3. The number of alkyl halides is 3. The lowest BCUT2D eigenvalue weighted by Crippen LogP contribution is -2.31. The fraction of sp³-hybridized carbons (Fsp3) is 0.348. The molecular formula is C23H24F3N3. The standard InChI is InChI=1S/C23H24F3N3/c1-3-7-18(14-16(2)23(24,25)26)19-15-22-21(10-6-12-29(22)27-19)28-13-11-17-8-4-5-9-20(17)28/h3-5,7-9,14-15,21H,2,6,10-13H2,1H3/b7-3-,18-14+. The van der Waals surface area contributed by atoms with Gasteiger partial charge in [-0.1, -0.05) is 36.9 Å². The van der Waals surface area contributed by atoms with Crippen molar-refractivity contribution >= 4 is 11.3 Å². The minimum absolute atomic E-state index is 0.186. The number of para-hydroxylation sites is 1. The Hall–Kier alpha value is -2.76. The van der Waals surface area contributed by atoms with Gasteiger partial charge in [-0.2, -0.15) is 18.3 Å². The number of benzene rings is 1. The first-order valence-electron chi connectivity index (χ1n) is 9.91. The van der Waals surface area contributed by atoms with E-state index in [9.17, 15) is 13.2 Å². The summed E-state index contributed by atoms with van der Waals surface area (Å²) < 4.78 is 41.0. The molecule has 0 bridgehead atoms. The average molecular weight is 399 g/mol. The van der Waals surface area contributed by atoms with E-state index in [4.69, 9.17) is 0 Å². The van der Waals surface area contributed by atoms with Gasteiger partial charge in [0.05, 0.1) is 17.4 Å². The van der Waals surface area contributed by atoms with Gasteiger partial charge in [-0.3, -0.25) is 4.68 Å². The molecule has 1 aromatic carbocycles. The van der Waals surface area contributed by atoms with Gasteiger partial charge < -0.3 is 4.90 Å². The molecule has 3 heterocycles. The number of hydrogen-bond donors (Lipinski definition) is 0. The highest BCUT2D eigenvalue weighted by atomic mass is 19.4. The molecule has 152 valence electrons. The molecule has 0 aliphatic carbocycles. The largest absolute Gasteiger partial charge is 0.415 e. The summed E-state index contributed by atoms with van der Waals surface area (Å²) in [6.45, 7) is 6.70. The average Bonchev–Trinajstić information content (AvgIpc) is 3.31. The number of aromatic nitrogens is 2. The fourth-order valence-electron chi connectivity index (χ4n) is 4.26. The minimum Gasteiger partial charge on any atom is -0.362 e. The van der Waals surface area contributed by atoms with Crippen LogP contribution in [0.25, 0.3) is 5.57 Å². The van der Waals surface area contributed by atoms with Crippen molar-refractivity contribution in [3.05, 3.63) is 77.7 Å². The molecule has 2 aliphatic rings. The maximum Gasteiger partial charge on any atom is 0.415 e. The Morgan fingerprint density at radius 1 is 1.24 bits per heavy atom. The van der Waals surface area contributed by atoms with Gasteiger partial charge in [-0.15, -0.1) is 0 Å². The molecule has 4 rings (SSSR count). The van der Waals surface area contributed by atoms with Crippen molar-refractivity contribution in [1.82, 2.24) is 9.78 Å². The lowest BCUT2D eigenvalue weighted by atomic mass is 10.0. The third-order valence-electron chi connectivity index (χ3n) is 5.64. The van der Waals surface area contributed by atoms with Gasteiger partial charge in [-0.05, 0) is 50.0 Å². The molecule has 1 atom stereocenters. The van der Waals surface area contributed by atoms with Gasteiger partial charge in [-0.25, -0.2) is 0 Å². The first-order chi connectivity index (χ1) is 13.9. The van der Waals surface area contributed by atoms with Crippen LogP contribution in [-0.2, 0) is 13.0 Å². The van der Waals surface area contributed by atoms with E-state index >= 15 is 0 Å². The smallest absolute Gasteiger partial charge is 0.362 e. The lowest BCUT2D eigenvalue weighted by molar-refractivity contribution is -0.0877. The first kappa shape index (κ1) is 19.6. The van der Waals surface area contributed by atoms with E-state index in [2.05, 4.69) is 40.8 Å². The van der Waals surface area contributed by atoms with Crippen LogP contribution in [0.2, 0.25) is 0 Å². The van der Waals surface area contributed by atoms with E-state index in [0.717, 1.165) is 44.1 Å². The van der Waals surface area contributed by atoms with Gasteiger partial charge in [0.25, 0.3) is 0 Å². The topological polar surface area (TPSA) is 21.1 Å². The molecule has 2 aliphatic heterocycles. The molecule has 1 unspecified atom stereocenters. The van der Waals surface area contributed by atoms with Gasteiger partial charge in [0.1, 0.15) is 0 Å². The first-order valence-corrected chi connectivity index (χ1v) is 9.91.